The minimum atomic E-state index is 1.000. The van der Waals surface area contributed by atoms with E-state index in [9.17, 15) is 0 Å². The van der Waals surface area contributed by atoms with Crippen LogP contribution in [0.3, 0.4) is 0 Å². The van der Waals surface area contributed by atoms with Crippen molar-refractivity contribution in [1.82, 2.24) is 0 Å². The SMILES string of the molecule is CCCCCCCCCCCCCCCCc1cc2ccccc2[o+]c1C. The lowest BCUT2D eigenvalue weighted by Crippen LogP contribution is -1.91. The average Bonchev–Trinajstić information content (AvgIpc) is 2.68. The molecule has 0 N–H and O–H groups in total. The van der Waals surface area contributed by atoms with Gasteiger partial charge >= 0.3 is 11.3 Å². The molecule has 0 aliphatic heterocycles. The van der Waals surface area contributed by atoms with Gasteiger partial charge in [-0.2, -0.15) is 0 Å². The highest BCUT2D eigenvalue weighted by molar-refractivity contribution is 5.77. The molecule has 1 aromatic carbocycles. The Kier molecular flexibility index (Phi) is 11.2. The van der Waals surface area contributed by atoms with E-state index in [1.807, 2.05) is 6.07 Å². The van der Waals surface area contributed by atoms with Crippen LogP contribution in [0.1, 0.15) is 108 Å². The van der Waals surface area contributed by atoms with Crippen LogP contribution in [0.4, 0.5) is 0 Å². The zero-order valence-electron chi connectivity index (χ0n) is 17.9. The number of para-hydroxylation sites is 1. The van der Waals surface area contributed by atoms with Crippen LogP contribution in [0.5, 0.6) is 0 Å². The van der Waals surface area contributed by atoms with Gasteiger partial charge < -0.3 is 0 Å². The van der Waals surface area contributed by atoms with E-state index >= 15 is 0 Å². The molecule has 0 unspecified atom stereocenters. The molecule has 0 spiro atoms. The van der Waals surface area contributed by atoms with Gasteiger partial charge in [0.1, 0.15) is 0 Å². The zero-order valence-corrected chi connectivity index (χ0v) is 17.9. The third-order valence-corrected chi connectivity index (χ3v) is 5.76. The molecule has 0 amide bonds. The van der Waals surface area contributed by atoms with E-state index in [-0.39, 0.29) is 0 Å². The third-order valence-electron chi connectivity index (χ3n) is 5.76. The Morgan fingerprint density at radius 1 is 0.667 bits per heavy atom. The molecule has 0 fully saturated rings. The Morgan fingerprint density at radius 3 is 1.78 bits per heavy atom. The van der Waals surface area contributed by atoms with Crippen LogP contribution in [0.2, 0.25) is 0 Å². The lowest BCUT2D eigenvalue weighted by Gasteiger charge is -2.03. The first kappa shape index (κ1) is 21.9. The molecular formula is C26H41O+. The molecule has 0 aliphatic rings. The van der Waals surface area contributed by atoms with Crippen LogP contribution in [-0.4, -0.2) is 0 Å². The van der Waals surface area contributed by atoms with Gasteiger partial charge in [-0.3, -0.25) is 0 Å². The Bertz CT molecular complexity index is 631. The number of unbranched alkanes of at least 4 members (excludes halogenated alkanes) is 13. The lowest BCUT2D eigenvalue weighted by molar-refractivity contribution is 0.531. The van der Waals surface area contributed by atoms with Gasteiger partial charge in [0.05, 0.1) is 17.9 Å². The number of hydrogen-bond donors (Lipinski definition) is 0. The lowest BCUT2D eigenvalue weighted by atomic mass is 10.0. The van der Waals surface area contributed by atoms with E-state index in [4.69, 9.17) is 4.42 Å². The molecule has 0 saturated heterocycles. The molecule has 1 heteroatoms. The number of hydrogen-bond acceptors (Lipinski definition) is 0. The second-order valence-corrected chi connectivity index (χ2v) is 8.21. The molecule has 2 rings (SSSR count). The number of aryl methyl sites for hydroxylation is 2. The zero-order chi connectivity index (χ0) is 19.2. The molecule has 0 saturated carbocycles. The van der Waals surface area contributed by atoms with Crippen LogP contribution < -0.4 is 0 Å². The van der Waals surface area contributed by atoms with Crippen LogP contribution in [0, 0.1) is 6.92 Å². The van der Waals surface area contributed by atoms with Crippen molar-refractivity contribution < 1.29 is 4.42 Å². The Hall–Kier alpha value is -1.37. The second kappa shape index (κ2) is 13.7. The smallest absolute Gasteiger partial charge is 0.212 e. The molecule has 1 heterocycles. The minimum Gasteiger partial charge on any atom is -0.212 e. The maximum absolute atomic E-state index is 5.96. The summed E-state index contributed by atoms with van der Waals surface area (Å²) >= 11 is 0. The highest BCUT2D eigenvalue weighted by Gasteiger charge is 2.13. The van der Waals surface area contributed by atoms with Crippen molar-refractivity contribution >= 4 is 11.0 Å². The third kappa shape index (κ3) is 8.91. The summed E-state index contributed by atoms with van der Waals surface area (Å²) in [6.07, 6.45) is 21.0. The highest BCUT2D eigenvalue weighted by atomic mass is 16.3. The molecule has 0 aliphatic carbocycles. The van der Waals surface area contributed by atoms with E-state index in [1.165, 1.54) is 101 Å². The van der Waals surface area contributed by atoms with Gasteiger partial charge in [-0.05, 0) is 25.0 Å². The molecule has 1 aromatic heterocycles. The summed E-state index contributed by atoms with van der Waals surface area (Å²) in [6.45, 7) is 4.39. The molecule has 0 radical (unpaired) electrons. The van der Waals surface area contributed by atoms with Gasteiger partial charge in [0.2, 0.25) is 0 Å². The quantitative estimate of drug-likeness (QED) is 0.225. The molecule has 1 nitrogen and oxygen atoms in total. The fourth-order valence-corrected chi connectivity index (χ4v) is 3.97. The number of benzene rings is 1. The summed E-state index contributed by atoms with van der Waals surface area (Å²) < 4.78 is 5.96. The Morgan fingerprint density at radius 2 is 1.19 bits per heavy atom. The maximum Gasteiger partial charge on any atom is 0.360 e. The van der Waals surface area contributed by atoms with Gasteiger partial charge in [-0.1, -0.05) is 103 Å². The van der Waals surface area contributed by atoms with E-state index in [1.54, 1.807) is 0 Å². The van der Waals surface area contributed by atoms with Crippen molar-refractivity contribution in [3.8, 4) is 0 Å². The van der Waals surface area contributed by atoms with Crippen LogP contribution in [0.25, 0.3) is 11.0 Å². The van der Waals surface area contributed by atoms with Gasteiger partial charge in [0.25, 0.3) is 0 Å². The summed E-state index contributed by atoms with van der Waals surface area (Å²) in [4.78, 5) is 0. The molecule has 2 aromatic rings. The summed E-state index contributed by atoms with van der Waals surface area (Å²) in [5.41, 5.74) is 2.38. The van der Waals surface area contributed by atoms with Crippen molar-refractivity contribution in [3.05, 3.63) is 41.7 Å². The summed E-state index contributed by atoms with van der Waals surface area (Å²) in [6, 6.07) is 10.6. The van der Waals surface area contributed by atoms with Crippen LogP contribution in [-0.2, 0) is 6.42 Å². The maximum atomic E-state index is 5.96. The summed E-state index contributed by atoms with van der Waals surface area (Å²) in [5.74, 6) is 1.09. The van der Waals surface area contributed by atoms with Crippen molar-refractivity contribution in [2.24, 2.45) is 0 Å². The van der Waals surface area contributed by atoms with Crippen molar-refractivity contribution in [2.75, 3.05) is 0 Å². The molecule has 0 atom stereocenters. The molecule has 27 heavy (non-hydrogen) atoms. The van der Waals surface area contributed by atoms with Crippen molar-refractivity contribution in [2.45, 2.75) is 110 Å². The topological polar surface area (TPSA) is 11.3 Å². The Balaban J connectivity index is 1.45. The van der Waals surface area contributed by atoms with E-state index in [2.05, 4.69) is 38.1 Å². The molecular weight excluding hydrogens is 328 g/mol. The fraction of sp³-hybridized carbons (Fsp3) is 0.654. The van der Waals surface area contributed by atoms with E-state index in [0.717, 1.165) is 17.8 Å². The first-order chi connectivity index (χ1) is 13.3. The van der Waals surface area contributed by atoms with Gasteiger partial charge in [-0.15, -0.1) is 0 Å². The molecule has 0 bridgehead atoms. The summed E-state index contributed by atoms with van der Waals surface area (Å²) in [7, 11) is 0. The van der Waals surface area contributed by atoms with Gasteiger partial charge in [0.15, 0.2) is 0 Å². The highest BCUT2D eigenvalue weighted by Crippen LogP contribution is 2.21. The van der Waals surface area contributed by atoms with Crippen molar-refractivity contribution in [1.29, 1.82) is 0 Å². The van der Waals surface area contributed by atoms with E-state index < -0.39 is 0 Å². The minimum absolute atomic E-state index is 1.000. The monoisotopic (exact) mass is 369 g/mol. The average molecular weight is 370 g/mol. The van der Waals surface area contributed by atoms with Crippen molar-refractivity contribution in [3.63, 3.8) is 0 Å². The van der Waals surface area contributed by atoms with Crippen LogP contribution in [0.15, 0.2) is 34.7 Å². The normalized spacial score (nSPS) is 11.3. The predicted octanol–water partition coefficient (Wildman–Crippen LogP) is 9.05. The largest absolute Gasteiger partial charge is 0.360 e. The number of rotatable bonds is 15. The Labute approximate surface area is 167 Å². The fourth-order valence-electron chi connectivity index (χ4n) is 3.97. The summed E-state index contributed by atoms with van der Waals surface area (Å²) in [5, 5.41) is 1.23. The van der Waals surface area contributed by atoms with Crippen LogP contribution >= 0.6 is 0 Å². The first-order valence-corrected chi connectivity index (χ1v) is 11.6. The standard InChI is InChI=1S/C26H41O/c1-3-4-5-6-7-8-9-10-11-12-13-14-15-16-19-24-22-25-20-17-18-21-26(25)27-23(24)2/h17-18,20-22H,3-16,19H2,1-2H3/q+1. The second-order valence-electron chi connectivity index (χ2n) is 8.21. The van der Waals surface area contributed by atoms with Gasteiger partial charge in [0, 0.05) is 6.07 Å². The van der Waals surface area contributed by atoms with E-state index in [0.29, 0.717) is 0 Å². The predicted molar refractivity (Wildman–Crippen MR) is 119 cm³/mol. The first-order valence-electron chi connectivity index (χ1n) is 11.6. The molecule has 150 valence electrons. The number of fused-ring (bicyclic) bond motifs is 1. The van der Waals surface area contributed by atoms with Gasteiger partial charge in [-0.25, -0.2) is 4.42 Å².